The molecule has 120 valence electrons. The first-order valence-corrected chi connectivity index (χ1v) is 7.41. The summed E-state index contributed by atoms with van der Waals surface area (Å²) in [4.78, 5) is 33.4. The van der Waals surface area contributed by atoms with Crippen LogP contribution >= 0.6 is 11.6 Å². The second-order valence-electron chi connectivity index (χ2n) is 5.40. The minimum Gasteiger partial charge on any atom is -0.481 e. The Kier molecular flexibility index (Phi) is 5.31. The van der Waals surface area contributed by atoms with Crippen LogP contribution in [0.1, 0.15) is 42.5 Å². The van der Waals surface area contributed by atoms with Gasteiger partial charge in [-0.3, -0.25) is 9.59 Å². The fourth-order valence-corrected chi connectivity index (χ4v) is 2.41. The van der Waals surface area contributed by atoms with Crippen LogP contribution in [0.2, 0.25) is 5.02 Å². The maximum Gasteiger partial charge on any atom is 0.305 e. The molecule has 1 aliphatic heterocycles. The molecule has 1 amide bonds. The van der Waals surface area contributed by atoms with Crippen LogP contribution in [0.5, 0.6) is 0 Å². The average molecular weight is 328 g/mol. The molecule has 0 aromatic carbocycles. The van der Waals surface area contributed by atoms with Crippen molar-refractivity contribution in [3.05, 3.63) is 22.7 Å². The molecule has 1 N–H and O–H groups in total. The Morgan fingerprint density at radius 2 is 2.27 bits per heavy atom. The number of aromatic nitrogens is 2. The number of halogens is 1. The van der Waals surface area contributed by atoms with Crippen molar-refractivity contribution in [3.8, 4) is 0 Å². The first kappa shape index (κ1) is 16.6. The number of rotatable bonds is 4. The summed E-state index contributed by atoms with van der Waals surface area (Å²) in [5, 5.41) is 9.12. The molecule has 22 heavy (non-hydrogen) atoms. The maximum atomic E-state index is 12.7. The molecule has 0 bridgehead atoms. The molecule has 7 nitrogen and oxygen atoms in total. The Balaban J connectivity index is 2.28. The zero-order valence-corrected chi connectivity index (χ0v) is 13.2. The zero-order valence-electron chi connectivity index (χ0n) is 12.5. The molecule has 1 unspecified atom stereocenters. The Morgan fingerprint density at radius 1 is 1.55 bits per heavy atom. The third-order valence-corrected chi connectivity index (χ3v) is 3.66. The highest BCUT2D eigenvalue weighted by molar-refractivity contribution is 6.33. The highest BCUT2D eigenvalue weighted by Gasteiger charge is 2.31. The van der Waals surface area contributed by atoms with Crippen LogP contribution in [-0.4, -0.2) is 57.7 Å². The van der Waals surface area contributed by atoms with Crippen molar-refractivity contribution in [1.29, 1.82) is 0 Å². The molecule has 0 radical (unpaired) electrons. The molecule has 8 heteroatoms. The Labute approximate surface area is 133 Å². The van der Waals surface area contributed by atoms with E-state index in [0.717, 1.165) is 0 Å². The van der Waals surface area contributed by atoms with Crippen molar-refractivity contribution in [2.45, 2.75) is 32.2 Å². The van der Waals surface area contributed by atoms with Crippen molar-refractivity contribution >= 4 is 23.5 Å². The van der Waals surface area contributed by atoms with Crippen molar-refractivity contribution in [3.63, 3.8) is 0 Å². The lowest BCUT2D eigenvalue weighted by atomic mass is 10.1. The minimum atomic E-state index is -0.982. The Bertz CT molecular complexity index is 579. The van der Waals surface area contributed by atoms with Crippen molar-refractivity contribution in [1.82, 2.24) is 14.9 Å². The number of aliphatic carboxylic acids is 1. The molecular formula is C14H18ClN3O4. The largest absolute Gasteiger partial charge is 0.481 e. The van der Waals surface area contributed by atoms with Gasteiger partial charge in [0.2, 0.25) is 0 Å². The van der Waals surface area contributed by atoms with E-state index in [1.54, 1.807) is 0 Å². The molecule has 1 aliphatic rings. The molecule has 2 rings (SSSR count). The van der Waals surface area contributed by atoms with Crippen LogP contribution in [-0.2, 0) is 9.53 Å². The van der Waals surface area contributed by atoms with Gasteiger partial charge in [0.05, 0.1) is 36.9 Å². The van der Waals surface area contributed by atoms with Gasteiger partial charge in [0.15, 0.2) is 5.69 Å². The van der Waals surface area contributed by atoms with E-state index in [-0.39, 0.29) is 35.6 Å². The van der Waals surface area contributed by atoms with E-state index in [1.807, 2.05) is 13.8 Å². The average Bonchev–Trinajstić information content (AvgIpc) is 2.46. The van der Waals surface area contributed by atoms with Gasteiger partial charge in [-0.15, -0.1) is 0 Å². The maximum absolute atomic E-state index is 12.7. The first-order valence-electron chi connectivity index (χ1n) is 7.03. The van der Waals surface area contributed by atoms with Gasteiger partial charge in [-0.25, -0.2) is 9.97 Å². The number of morpholine rings is 1. The SMILES string of the molecule is CC(C)c1ncc(Cl)c(C(=O)N2CCOCC2CC(=O)O)n1. The molecule has 0 spiro atoms. The van der Waals surface area contributed by atoms with Gasteiger partial charge < -0.3 is 14.7 Å². The van der Waals surface area contributed by atoms with E-state index in [2.05, 4.69) is 9.97 Å². The smallest absolute Gasteiger partial charge is 0.305 e. The van der Waals surface area contributed by atoms with E-state index in [1.165, 1.54) is 11.1 Å². The lowest BCUT2D eigenvalue weighted by Crippen LogP contribution is -2.49. The summed E-state index contributed by atoms with van der Waals surface area (Å²) in [5.41, 5.74) is 0.109. The quantitative estimate of drug-likeness (QED) is 0.902. The molecule has 0 saturated carbocycles. The topological polar surface area (TPSA) is 92.6 Å². The van der Waals surface area contributed by atoms with E-state index < -0.39 is 12.0 Å². The van der Waals surface area contributed by atoms with Gasteiger partial charge in [0.1, 0.15) is 5.82 Å². The van der Waals surface area contributed by atoms with Crippen LogP contribution in [0.25, 0.3) is 0 Å². The highest BCUT2D eigenvalue weighted by Crippen LogP contribution is 2.21. The standard InChI is InChI=1S/C14H18ClN3O4/c1-8(2)13-16-6-10(15)12(17-13)14(21)18-3-4-22-7-9(18)5-11(19)20/h6,8-9H,3-5,7H2,1-2H3,(H,19,20). The number of nitrogens with zero attached hydrogens (tertiary/aromatic N) is 3. The lowest BCUT2D eigenvalue weighted by molar-refractivity contribution is -0.139. The van der Waals surface area contributed by atoms with Crippen LogP contribution in [0.15, 0.2) is 6.20 Å². The fraction of sp³-hybridized carbons (Fsp3) is 0.571. The summed E-state index contributed by atoms with van der Waals surface area (Å²) in [6.45, 7) is 4.70. The zero-order chi connectivity index (χ0) is 16.3. The molecule has 1 saturated heterocycles. The van der Waals surface area contributed by atoms with E-state index in [0.29, 0.717) is 19.0 Å². The summed E-state index contributed by atoms with van der Waals surface area (Å²) in [5.74, 6) is -0.784. The number of carboxylic acids is 1. The fourth-order valence-electron chi connectivity index (χ4n) is 2.24. The molecule has 2 heterocycles. The predicted octanol–water partition coefficient (Wildman–Crippen LogP) is 1.57. The number of amides is 1. The third kappa shape index (κ3) is 3.72. The van der Waals surface area contributed by atoms with Crippen LogP contribution in [0.3, 0.4) is 0 Å². The van der Waals surface area contributed by atoms with Gasteiger partial charge in [0, 0.05) is 12.5 Å². The monoisotopic (exact) mass is 327 g/mol. The van der Waals surface area contributed by atoms with E-state index >= 15 is 0 Å². The molecule has 1 atom stereocenters. The van der Waals surface area contributed by atoms with Crippen molar-refractivity contribution < 1.29 is 19.4 Å². The van der Waals surface area contributed by atoms with E-state index in [9.17, 15) is 9.59 Å². The molecule has 1 aromatic heterocycles. The summed E-state index contributed by atoms with van der Waals surface area (Å²) in [6.07, 6.45) is 1.23. The van der Waals surface area contributed by atoms with Crippen LogP contribution in [0, 0.1) is 0 Å². The summed E-state index contributed by atoms with van der Waals surface area (Å²) in [7, 11) is 0. The summed E-state index contributed by atoms with van der Waals surface area (Å²) < 4.78 is 5.27. The van der Waals surface area contributed by atoms with Crippen LogP contribution in [0.4, 0.5) is 0 Å². The minimum absolute atomic E-state index is 0.0586. The predicted molar refractivity (Wildman–Crippen MR) is 79.0 cm³/mol. The van der Waals surface area contributed by atoms with Crippen molar-refractivity contribution in [2.75, 3.05) is 19.8 Å². The van der Waals surface area contributed by atoms with Gasteiger partial charge >= 0.3 is 5.97 Å². The van der Waals surface area contributed by atoms with Gasteiger partial charge in [-0.1, -0.05) is 25.4 Å². The van der Waals surface area contributed by atoms with Gasteiger partial charge in [0.25, 0.3) is 5.91 Å². The number of carbonyl (C=O) groups excluding carboxylic acids is 1. The number of hydrogen-bond acceptors (Lipinski definition) is 5. The normalized spacial score (nSPS) is 18.5. The number of carboxylic acid groups (broad SMARTS) is 1. The second kappa shape index (κ2) is 7.02. The van der Waals surface area contributed by atoms with Gasteiger partial charge in [-0.05, 0) is 0 Å². The van der Waals surface area contributed by atoms with Crippen molar-refractivity contribution in [2.24, 2.45) is 0 Å². The summed E-state index contributed by atoms with van der Waals surface area (Å²) in [6, 6.07) is -0.521. The van der Waals surface area contributed by atoms with Gasteiger partial charge in [-0.2, -0.15) is 0 Å². The number of ether oxygens (including phenoxy) is 1. The lowest BCUT2D eigenvalue weighted by Gasteiger charge is -2.34. The molecule has 1 aromatic rings. The molecule has 1 fully saturated rings. The van der Waals surface area contributed by atoms with E-state index in [4.69, 9.17) is 21.4 Å². The first-order chi connectivity index (χ1) is 10.4. The van der Waals surface area contributed by atoms with Crippen LogP contribution < -0.4 is 0 Å². The summed E-state index contributed by atoms with van der Waals surface area (Å²) >= 11 is 6.05. The second-order valence-corrected chi connectivity index (χ2v) is 5.81. The number of carbonyl (C=O) groups is 2. The highest BCUT2D eigenvalue weighted by atomic mass is 35.5. The Hall–Kier alpha value is -1.73. The Morgan fingerprint density at radius 3 is 2.91 bits per heavy atom. The molecular weight excluding hydrogens is 310 g/mol. The molecule has 0 aliphatic carbocycles. The third-order valence-electron chi connectivity index (χ3n) is 3.38. The number of hydrogen-bond donors (Lipinski definition) is 1.